The Labute approximate surface area is 167 Å². The summed E-state index contributed by atoms with van der Waals surface area (Å²) in [4.78, 5) is 12.2. The lowest BCUT2D eigenvalue weighted by Crippen LogP contribution is -2.13. The van der Waals surface area contributed by atoms with E-state index in [9.17, 15) is 13.2 Å². The summed E-state index contributed by atoms with van der Waals surface area (Å²) in [5.41, 5.74) is 1.56. The monoisotopic (exact) mass is 404 g/mol. The first kappa shape index (κ1) is 17.5. The van der Waals surface area contributed by atoms with Gasteiger partial charge in [-0.05, 0) is 53.2 Å². The average Bonchev–Trinajstić information content (AvgIpc) is 3.04. The Morgan fingerprint density at radius 2 is 1.72 bits per heavy atom. The third-order valence-corrected chi connectivity index (χ3v) is 6.52. The van der Waals surface area contributed by atoms with Gasteiger partial charge in [-0.3, -0.25) is 9.52 Å². The highest BCUT2D eigenvalue weighted by Crippen LogP contribution is 2.37. The molecule has 7 heteroatoms. The zero-order valence-electron chi connectivity index (χ0n) is 15.4. The van der Waals surface area contributed by atoms with Gasteiger partial charge in [-0.1, -0.05) is 24.3 Å². The van der Waals surface area contributed by atoms with Crippen molar-refractivity contribution in [3.63, 3.8) is 0 Å². The first-order valence-electron chi connectivity index (χ1n) is 8.94. The third kappa shape index (κ3) is 2.78. The quantitative estimate of drug-likeness (QED) is 0.529. The maximum Gasteiger partial charge on any atom is 0.262 e. The third-order valence-electron chi connectivity index (χ3n) is 5.08. The summed E-state index contributed by atoms with van der Waals surface area (Å²) >= 11 is 0. The summed E-state index contributed by atoms with van der Waals surface area (Å²) < 4.78 is 34.2. The molecule has 4 aromatic rings. The maximum atomic E-state index is 13.1. The number of benzene rings is 4. The Balaban J connectivity index is 1.58. The van der Waals surface area contributed by atoms with Crippen LogP contribution < -0.4 is 14.8 Å². The number of nitrogens with one attached hydrogen (secondary N) is 2. The summed E-state index contributed by atoms with van der Waals surface area (Å²) in [6.45, 7) is 0. The second kappa shape index (κ2) is 6.22. The van der Waals surface area contributed by atoms with Crippen LogP contribution in [0, 0.1) is 0 Å². The van der Waals surface area contributed by atoms with Gasteiger partial charge in [0.25, 0.3) is 15.9 Å². The van der Waals surface area contributed by atoms with Gasteiger partial charge < -0.3 is 10.1 Å². The fourth-order valence-electron chi connectivity index (χ4n) is 3.72. The molecule has 0 unspecified atom stereocenters. The summed E-state index contributed by atoms with van der Waals surface area (Å²) in [6.07, 6.45) is 0. The first-order chi connectivity index (χ1) is 14.0. The molecule has 1 heterocycles. The minimum Gasteiger partial charge on any atom is -0.497 e. The lowest BCUT2D eigenvalue weighted by Gasteiger charge is -2.12. The maximum absolute atomic E-state index is 13.1. The number of carbonyl (C=O) groups is 1. The number of hydrogen-bond donors (Lipinski definition) is 2. The predicted molar refractivity (Wildman–Crippen MR) is 113 cm³/mol. The number of sulfonamides is 1. The predicted octanol–water partition coefficient (Wildman–Crippen LogP) is 4.37. The fraction of sp³-hybridized carbons (Fsp3) is 0.0455. The minimum atomic E-state index is -3.86. The van der Waals surface area contributed by atoms with Gasteiger partial charge in [0.1, 0.15) is 5.75 Å². The number of fused-ring (bicyclic) bond motifs is 1. The van der Waals surface area contributed by atoms with Gasteiger partial charge in [0.2, 0.25) is 0 Å². The zero-order valence-corrected chi connectivity index (χ0v) is 16.2. The molecule has 0 radical (unpaired) electrons. The highest BCUT2D eigenvalue weighted by Gasteiger charge is 2.26. The Kier molecular flexibility index (Phi) is 3.75. The van der Waals surface area contributed by atoms with Crippen molar-refractivity contribution in [2.45, 2.75) is 4.90 Å². The van der Waals surface area contributed by atoms with Crippen molar-refractivity contribution in [1.29, 1.82) is 0 Å². The number of carbonyl (C=O) groups excluding carboxylic acids is 1. The number of ether oxygens (including phenoxy) is 1. The number of amides is 1. The minimum absolute atomic E-state index is 0.129. The summed E-state index contributed by atoms with van der Waals surface area (Å²) in [7, 11) is -2.26. The van der Waals surface area contributed by atoms with Gasteiger partial charge in [-0.25, -0.2) is 8.42 Å². The Bertz CT molecular complexity index is 1430. The van der Waals surface area contributed by atoms with Crippen LogP contribution in [0.2, 0.25) is 0 Å². The molecular formula is C22H16N2O4S. The first-order valence-corrected chi connectivity index (χ1v) is 10.4. The van der Waals surface area contributed by atoms with E-state index in [0.717, 1.165) is 16.5 Å². The molecule has 4 aromatic carbocycles. The van der Waals surface area contributed by atoms with Gasteiger partial charge in [-0.2, -0.15) is 0 Å². The smallest absolute Gasteiger partial charge is 0.262 e. The molecule has 1 aliphatic heterocycles. The molecular weight excluding hydrogens is 388 g/mol. The second-order valence-electron chi connectivity index (χ2n) is 6.83. The molecule has 0 saturated heterocycles. The van der Waals surface area contributed by atoms with Crippen LogP contribution in [-0.4, -0.2) is 21.4 Å². The number of anilines is 2. The van der Waals surface area contributed by atoms with E-state index in [2.05, 4.69) is 10.0 Å². The van der Waals surface area contributed by atoms with Crippen LogP contribution in [0.1, 0.15) is 10.4 Å². The normalized spacial score (nSPS) is 12.9. The van der Waals surface area contributed by atoms with Crippen LogP contribution in [0.15, 0.2) is 71.6 Å². The van der Waals surface area contributed by atoms with E-state index in [1.165, 1.54) is 6.07 Å². The molecule has 1 aliphatic rings. The summed E-state index contributed by atoms with van der Waals surface area (Å²) in [5, 5.41) is 5.74. The van der Waals surface area contributed by atoms with Crippen molar-refractivity contribution in [1.82, 2.24) is 0 Å². The average molecular weight is 404 g/mol. The molecule has 0 aromatic heterocycles. The fourth-order valence-corrected chi connectivity index (χ4v) is 4.98. The van der Waals surface area contributed by atoms with Crippen molar-refractivity contribution in [2.75, 3.05) is 17.1 Å². The van der Waals surface area contributed by atoms with Gasteiger partial charge in [-0.15, -0.1) is 0 Å². The van der Waals surface area contributed by atoms with E-state index in [1.807, 2.05) is 24.3 Å². The van der Waals surface area contributed by atoms with Crippen molar-refractivity contribution in [3.05, 3.63) is 72.3 Å². The van der Waals surface area contributed by atoms with E-state index in [1.54, 1.807) is 43.5 Å². The lowest BCUT2D eigenvalue weighted by atomic mass is 10.1. The van der Waals surface area contributed by atoms with E-state index in [-0.39, 0.29) is 10.8 Å². The Morgan fingerprint density at radius 3 is 2.55 bits per heavy atom. The Hall–Kier alpha value is -3.58. The zero-order chi connectivity index (χ0) is 20.2. The van der Waals surface area contributed by atoms with Crippen LogP contribution in [0.3, 0.4) is 0 Å². The van der Waals surface area contributed by atoms with Gasteiger partial charge in [0.15, 0.2) is 0 Å². The molecule has 2 N–H and O–H groups in total. The molecule has 29 heavy (non-hydrogen) atoms. The van der Waals surface area contributed by atoms with Crippen molar-refractivity contribution in [2.24, 2.45) is 0 Å². The number of methoxy groups -OCH3 is 1. The molecule has 144 valence electrons. The molecule has 0 atom stereocenters. The topological polar surface area (TPSA) is 84.5 Å². The van der Waals surface area contributed by atoms with Crippen molar-refractivity contribution < 1.29 is 17.9 Å². The van der Waals surface area contributed by atoms with Crippen molar-refractivity contribution >= 4 is 48.9 Å². The summed E-state index contributed by atoms with van der Waals surface area (Å²) in [6, 6.07) is 19.2. The largest absolute Gasteiger partial charge is 0.497 e. The molecule has 0 spiro atoms. The molecule has 0 aliphatic carbocycles. The molecule has 0 fully saturated rings. The van der Waals surface area contributed by atoms with Crippen molar-refractivity contribution in [3.8, 4) is 5.75 Å². The van der Waals surface area contributed by atoms with Crippen LogP contribution in [0.25, 0.3) is 21.5 Å². The highest BCUT2D eigenvalue weighted by atomic mass is 32.2. The van der Waals surface area contributed by atoms with E-state index in [0.29, 0.717) is 27.7 Å². The van der Waals surface area contributed by atoms with Gasteiger partial charge >= 0.3 is 0 Å². The highest BCUT2D eigenvalue weighted by molar-refractivity contribution is 7.93. The lowest BCUT2D eigenvalue weighted by molar-refractivity contribution is 0.103. The molecule has 1 amide bonds. The molecule has 0 bridgehead atoms. The SMILES string of the molecule is COc1ccc2cc(NS(=O)(=O)c3ccc4c5c(cccc35)C(=O)N4)ccc2c1. The van der Waals surface area contributed by atoms with Crippen LogP contribution in [-0.2, 0) is 10.0 Å². The van der Waals surface area contributed by atoms with E-state index >= 15 is 0 Å². The standard InChI is InChI=1S/C22H16N2O4S/c1-28-16-8-6-13-11-15(7-5-14(13)12-16)24-29(26,27)20-10-9-19-21-17(20)3-2-4-18(21)22(25)23-19/h2-12,24H,1H3,(H,23,25). The summed E-state index contributed by atoms with van der Waals surface area (Å²) in [5.74, 6) is 0.514. The number of rotatable bonds is 4. The van der Waals surface area contributed by atoms with Gasteiger partial charge in [0.05, 0.1) is 12.0 Å². The van der Waals surface area contributed by atoms with E-state index < -0.39 is 10.0 Å². The number of hydrogen-bond acceptors (Lipinski definition) is 4. The van der Waals surface area contributed by atoms with E-state index in [4.69, 9.17) is 4.74 Å². The molecule has 5 rings (SSSR count). The Morgan fingerprint density at radius 1 is 0.931 bits per heavy atom. The molecule has 6 nitrogen and oxygen atoms in total. The molecule has 0 saturated carbocycles. The van der Waals surface area contributed by atoms with Crippen LogP contribution >= 0.6 is 0 Å². The van der Waals surface area contributed by atoms with Crippen LogP contribution in [0.5, 0.6) is 5.75 Å². The second-order valence-corrected chi connectivity index (χ2v) is 8.48. The van der Waals surface area contributed by atoms with Crippen LogP contribution in [0.4, 0.5) is 11.4 Å². The van der Waals surface area contributed by atoms with Gasteiger partial charge in [0, 0.05) is 27.7 Å².